The minimum atomic E-state index is -1.18. The van der Waals surface area contributed by atoms with Crippen LogP contribution in [-0.4, -0.2) is 56.0 Å². The molecule has 2 amide bonds. The number of carboxylic acid groups (broad SMARTS) is 1. The predicted octanol–water partition coefficient (Wildman–Crippen LogP) is 2.25. The van der Waals surface area contributed by atoms with Crippen LogP contribution >= 0.6 is 11.8 Å². The smallest absolute Gasteiger partial charge is 0.320 e. The SMILES string of the molecule is CC(=O)SC(C)(CC(=O)CCCCN1C(=O)c2ccccc2C1=O)C[C@H](N)C(=O)O. The van der Waals surface area contributed by atoms with E-state index in [1.54, 1.807) is 31.2 Å². The summed E-state index contributed by atoms with van der Waals surface area (Å²) in [5.74, 6) is -1.95. The second-order valence-corrected chi connectivity index (χ2v) is 9.44. The maximum atomic E-state index is 12.4. The van der Waals surface area contributed by atoms with Crippen LogP contribution in [0, 0.1) is 0 Å². The van der Waals surface area contributed by atoms with E-state index in [1.807, 2.05) is 0 Å². The molecule has 1 heterocycles. The maximum Gasteiger partial charge on any atom is 0.320 e. The molecule has 8 nitrogen and oxygen atoms in total. The highest BCUT2D eigenvalue weighted by Crippen LogP contribution is 2.34. The number of unbranched alkanes of at least 4 members (excludes halogenated alkanes) is 1. The highest BCUT2D eigenvalue weighted by molar-refractivity contribution is 8.14. The highest BCUT2D eigenvalue weighted by atomic mass is 32.2. The molecule has 30 heavy (non-hydrogen) atoms. The van der Waals surface area contributed by atoms with Crippen LogP contribution in [0.3, 0.4) is 0 Å². The summed E-state index contributed by atoms with van der Waals surface area (Å²) in [6.45, 7) is 3.25. The van der Waals surface area contributed by atoms with Gasteiger partial charge in [-0.15, -0.1) is 0 Å². The normalized spacial score (nSPS) is 16.2. The van der Waals surface area contributed by atoms with Crippen LogP contribution in [0.4, 0.5) is 0 Å². The summed E-state index contributed by atoms with van der Waals surface area (Å²) < 4.78 is -0.900. The molecule has 2 atom stereocenters. The third-order valence-electron chi connectivity index (χ3n) is 4.90. The van der Waals surface area contributed by atoms with E-state index in [2.05, 4.69) is 0 Å². The number of thioether (sulfide) groups is 1. The number of aliphatic carboxylic acids is 1. The fourth-order valence-corrected chi connectivity index (χ4v) is 4.78. The second kappa shape index (κ2) is 9.99. The number of ketones is 1. The van der Waals surface area contributed by atoms with Crippen molar-refractivity contribution in [3.05, 3.63) is 35.4 Å². The van der Waals surface area contributed by atoms with Crippen molar-refractivity contribution in [2.75, 3.05) is 6.54 Å². The van der Waals surface area contributed by atoms with Gasteiger partial charge in [0.25, 0.3) is 11.8 Å². The van der Waals surface area contributed by atoms with Gasteiger partial charge in [-0.25, -0.2) is 0 Å². The molecule has 1 aliphatic rings. The Hall–Kier alpha value is -2.52. The molecule has 0 radical (unpaired) electrons. The van der Waals surface area contributed by atoms with Crippen molar-refractivity contribution in [2.24, 2.45) is 5.73 Å². The van der Waals surface area contributed by atoms with Crippen LogP contribution in [0.2, 0.25) is 0 Å². The summed E-state index contributed by atoms with van der Waals surface area (Å²) in [5, 5.41) is 8.82. The Morgan fingerprint density at radius 3 is 2.20 bits per heavy atom. The largest absolute Gasteiger partial charge is 0.480 e. The predicted molar refractivity (Wildman–Crippen MR) is 112 cm³/mol. The van der Waals surface area contributed by atoms with Gasteiger partial charge >= 0.3 is 5.97 Å². The lowest BCUT2D eigenvalue weighted by Gasteiger charge is -2.28. The van der Waals surface area contributed by atoms with Crippen molar-refractivity contribution in [2.45, 2.75) is 56.7 Å². The fourth-order valence-electron chi connectivity index (χ4n) is 3.59. The number of nitrogens with two attached hydrogens (primary N) is 1. The van der Waals surface area contributed by atoms with Crippen LogP contribution in [0.25, 0.3) is 0 Å². The van der Waals surface area contributed by atoms with Gasteiger partial charge in [0.2, 0.25) is 0 Å². The van der Waals surface area contributed by atoms with Gasteiger partial charge in [-0.3, -0.25) is 28.9 Å². The minimum absolute atomic E-state index is 0.00659. The van der Waals surface area contributed by atoms with E-state index in [9.17, 15) is 24.0 Å². The molecule has 0 spiro atoms. The highest BCUT2D eigenvalue weighted by Gasteiger charge is 2.35. The molecule has 1 aromatic rings. The first-order chi connectivity index (χ1) is 14.0. The second-order valence-electron chi connectivity index (χ2n) is 7.67. The van der Waals surface area contributed by atoms with Crippen molar-refractivity contribution in [3.8, 4) is 0 Å². The summed E-state index contributed by atoms with van der Waals surface area (Å²) in [5.41, 5.74) is 6.39. The number of hydrogen-bond donors (Lipinski definition) is 2. The molecule has 0 fully saturated rings. The first kappa shape index (κ1) is 23.8. The Morgan fingerprint density at radius 2 is 1.70 bits per heavy atom. The Bertz CT molecular complexity index is 836. The van der Waals surface area contributed by atoms with E-state index in [0.29, 0.717) is 24.0 Å². The zero-order chi connectivity index (χ0) is 22.5. The number of nitrogens with zero attached hydrogens (tertiary/aromatic N) is 1. The van der Waals surface area contributed by atoms with Crippen LogP contribution < -0.4 is 5.73 Å². The number of carbonyl (C=O) groups excluding carboxylic acids is 4. The average Bonchev–Trinajstić information content (AvgIpc) is 2.89. The number of carbonyl (C=O) groups is 5. The summed E-state index contributed by atoms with van der Waals surface area (Å²) in [6.07, 6.45) is 1.17. The number of fused-ring (bicyclic) bond motifs is 1. The molecule has 2 rings (SSSR count). The Labute approximate surface area is 179 Å². The lowest BCUT2D eigenvalue weighted by atomic mass is 9.94. The fraction of sp³-hybridized carbons (Fsp3) is 0.476. The molecule has 1 aliphatic heterocycles. The van der Waals surface area contributed by atoms with Crippen LogP contribution in [0.15, 0.2) is 24.3 Å². The number of carboxylic acids is 1. The average molecular weight is 435 g/mol. The summed E-state index contributed by atoms with van der Waals surface area (Å²) in [7, 11) is 0. The first-order valence-electron chi connectivity index (χ1n) is 9.69. The van der Waals surface area contributed by atoms with Crippen molar-refractivity contribution in [1.82, 2.24) is 4.90 Å². The van der Waals surface area contributed by atoms with Crippen LogP contribution in [0.1, 0.15) is 66.7 Å². The molecule has 1 aromatic carbocycles. The topological polar surface area (TPSA) is 135 Å². The molecule has 0 saturated carbocycles. The van der Waals surface area contributed by atoms with Gasteiger partial charge in [-0.2, -0.15) is 0 Å². The van der Waals surface area contributed by atoms with Crippen molar-refractivity contribution >= 4 is 40.4 Å². The zero-order valence-electron chi connectivity index (χ0n) is 17.1. The molecule has 3 N–H and O–H groups in total. The van der Waals surface area contributed by atoms with Crippen molar-refractivity contribution in [1.29, 1.82) is 0 Å². The minimum Gasteiger partial charge on any atom is -0.480 e. The number of benzene rings is 1. The summed E-state index contributed by atoms with van der Waals surface area (Å²) >= 11 is 0.928. The molecule has 162 valence electrons. The van der Waals surface area contributed by atoms with E-state index >= 15 is 0 Å². The molecule has 0 aromatic heterocycles. The number of rotatable bonds is 11. The molecule has 0 aliphatic carbocycles. The summed E-state index contributed by atoms with van der Waals surface area (Å²) in [4.78, 5) is 60.9. The van der Waals surface area contributed by atoms with Gasteiger partial charge in [0.05, 0.1) is 11.1 Å². The van der Waals surface area contributed by atoms with Gasteiger partial charge in [0.1, 0.15) is 11.8 Å². The molecule has 9 heteroatoms. The van der Waals surface area contributed by atoms with Crippen LogP contribution in [0.5, 0.6) is 0 Å². The van der Waals surface area contributed by atoms with Gasteiger partial charge in [-0.05, 0) is 38.3 Å². The van der Waals surface area contributed by atoms with E-state index in [-0.39, 0.29) is 48.5 Å². The number of hydrogen-bond acceptors (Lipinski definition) is 7. The molecule has 1 unspecified atom stereocenters. The van der Waals surface area contributed by atoms with Gasteiger partial charge in [0, 0.05) is 31.1 Å². The molecule has 0 saturated heterocycles. The maximum absolute atomic E-state index is 12.4. The lowest BCUT2D eigenvalue weighted by molar-refractivity contribution is -0.139. The molecular formula is C21H26N2O6S. The van der Waals surface area contributed by atoms with E-state index in [0.717, 1.165) is 11.8 Å². The number of Topliss-reactive ketones (excluding diaryl/α,β-unsaturated/α-hetero) is 1. The number of imide groups is 1. The van der Waals surface area contributed by atoms with Gasteiger partial charge in [-0.1, -0.05) is 23.9 Å². The van der Waals surface area contributed by atoms with Crippen molar-refractivity contribution < 1.29 is 29.1 Å². The Morgan fingerprint density at radius 1 is 1.13 bits per heavy atom. The molecular weight excluding hydrogens is 408 g/mol. The Kier molecular flexibility index (Phi) is 7.91. The monoisotopic (exact) mass is 434 g/mol. The third kappa shape index (κ3) is 5.99. The van der Waals surface area contributed by atoms with Crippen LogP contribution in [-0.2, 0) is 14.4 Å². The van der Waals surface area contributed by atoms with E-state index in [4.69, 9.17) is 10.8 Å². The number of amides is 2. The molecule has 0 bridgehead atoms. The van der Waals surface area contributed by atoms with Crippen molar-refractivity contribution in [3.63, 3.8) is 0 Å². The zero-order valence-corrected chi connectivity index (χ0v) is 17.9. The quantitative estimate of drug-likeness (QED) is 0.400. The van der Waals surface area contributed by atoms with Gasteiger partial charge in [0.15, 0.2) is 5.12 Å². The lowest BCUT2D eigenvalue weighted by Crippen LogP contribution is -2.39. The summed E-state index contributed by atoms with van der Waals surface area (Å²) in [6, 6.07) is 5.49. The third-order valence-corrected chi connectivity index (χ3v) is 5.99. The van der Waals surface area contributed by atoms with E-state index < -0.39 is 16.8 Å². The Balaban J connectivity index is 1.85. The standard InChI is InChI=1S/C21H26N2O6S/c1-13(24)30-21(2,12-17(22)20(28)29)11-14(25)7-5-6-10-23-18(26)15-8-3-4-9-16(15)19(23)27/h3-4,8-9,17H,5-7,10-12,22H2,1-2H3,(H,28,29)/t17-,21?/m0/s1. The van der Waals surface area contributed by atoms with Gasteiger partial charge < -0.3 is 10.8 Å². The first-order valence-corrected chi connectivity index (χ1v) is 10.5. The van der Waals surface area contributed by atoms with E-state index in [1.165, 1.54) is 11.8 Å².